The molecule has 1 aliphatic carbocycles. The van der Waals surface area contributed by atoms with Gasteiger partial charge in [0.05, 0.1) is 23.7 Å². The van der Waals surface area contributed by atoms with E-state index in [0.29, 0.717) is 0 Å². The average molecular weight is 298 g/mol. The fourth-order valence-electron chi connectivity index (χ4n) is 3.30. The zero-order valence-electron chi connectivity index (χ0n) is 8.86. The van der Waals surface area contributed by atoms with Crippen LogP contribution in [0, 0.1) is 23.7 Å². The lowest BCUT2D eigenvalue weighted by molar-refractivity contribution is -0.442. The summed E-state index contributed by atoms with van der Waals surface area (Å²) in [5.41, 5.74) is 0. The Morgan fingerprint density at radius 2 is 0.895 bits per heavy atom. The fourth-order valence-corrected chi connectivity index (χ4v) is 3.30. The summed E-state index contributed by atoms with van der Waals surface area (Å²) in [6.45, 7) is 0. The third kappa shape index (κ3) is 1.55. The standard InChI is InChI=1S/C9H6F8O2/c10-6(11)2-1-3(7(12,13)18-6)5-4(2)8(14,15)19-9(5,16)17/h2-5H,1H2/t2-,3+,4+,5-. The van der Waals surface area contributed by atoms with E-state index in [0.717, 1.165) is 0 Å². The maximum atomic E-state index is 13.3. The smallest absolute Gasteiger partial charge is 0.255 e. The summed E-state index contributed by atoms with van der Waals surface area (Å²) >= 11 is 0. The molecule has 1 saturated carbocycles. The van der Waals surface area contributed by atoms with Crippen molar-refractivity contribution >= 4 is 0 Å². The molecular formula is C9H6F8O2. The van der Waals surface area contributed by atoms with Crippen LogP contribution in [0.2, 0.25) is 0 Å². The highest BCUT2D eigenvalue weighted by molar-refractivity contribution is 5.08. The molecule has 0 N–H and O–H groups in total. The lowest BCUT2D eigenvalue weighted by Gasteiger charge is -2.37. The van der Waals surface area contributed by atoms with Crippen LogP contribution in [0.4, 0.5) is 35.1 Å². The van der Waals surface area contributed by atoms with Gasteiger partial charge in [-0.15, -0.1) is 0 Å². The summed E-state index contributed by atoms with van der Waals surface area (Å²) in [5, 5.41) is 0. The molecule has 2 bridgehead atoms. The zero-order valence-corrected chi connectivity index (χ0v) is 8.86. The van der Waals surface area contributed by atoms with Gasteiger partial charge in [0, 0.05) is 0 Å². The van der Waals surface area contributed by atoms with Crippen LogP contribution >= 0.6 is 0 Å². The monoisotopic (exact) mass is 298 g/mol. The van der Waals surface area contributed by atoms with E-state index in [1.54, 1.807) is 0 Å². The molecule has 19 heavy (non-hydrogen) atoms. The van der Waals surface area contributed by atoms with Gasteiger partial charge in [-0.3, -0.25) is 9.47 Å². The number of alkyl halides is 8. The Morgan fingerprint density at radius 1 is 0.579 bits per heavy atom. The van der Waals surface area contributed by atoms with Crippen molar-refractivity contribution in [3.05, 3.63) is 0 Å². The SMILES string of the molecule is FC1(F)OC(F)(F)[C@H]2[C@@H]1[C@H]1C[C@@H]2C(F)(F)OC1(F)F. The normalized spacial score (nSPS) is 48.0. The minimum atomic E-state index is -4.60. The third-order valence-electron chi connectivity index (χ3n) is 3.95. The number of fused-ring (bicyclic) bond motifs is 5. The van der Waals surface area contributed by atoms with Gasteiger partial charge >= 0.3 is 24.4 Å². The van der Waals surface area contributed by atoms with E-state index in [1.807, 2.05) is 0 Å². The molecule has 0 unspecified atom stereocenters. The van der Waals surface area contributed by atoms with E-state index in [1.165, 1.54) is 0 Å². The van der Waals surface area contributed by atoms with Crippen LogP contribution in [0.3, 0.4) is 0 Å². The van der Waals surface area contributed by atoms with Crippen LogP contribution < -0.4 is 0 Å². The van der Waals surface area contributed by atoms with Crippen molar-refractivity contribution in [3.8, 4) is 0 Å². The Morgan fingerprint density at radius 3 is 1.26 bits per heavy atom. The second-order valence-electron chi connectivity index (χ2n) is 4.95. The van der Waals surface area contributed by atoms with Crippen molar-refractivity contribution in [1.29, 1.82) is 0 Å². The molecule has 2 heterocycles. The van der Waals surface area contributed by atoms with Crippen molar-refractivity contribution in [2.24, 2.45) is 23.7 Å². The summed E-state index contributed by atoms with van der Waals surface area (Å²) in [6, 6.07) is 0. The predicted octanol–water partition coefficient (Wildman–Crippen LogP) is 3.29. The van der Waals surface area contributed by atoms with Crippen molar-refractivity contribution in [3.63, 3.8) is 0 Å². The number of rotatable bonds is 0. The van der Waals surface area contributed by atoms with Gasteiger partial charge in [0.25, 0.3) is 0 Å². The van der Waals surface area contributed by atoms with Gasteiger partial charge in [-0.05, 0) is 6.42 Å². The molecule has 3 fully saturated rings. The Labute approximate surface area is 100 Å². The largest absolute Gasteiger partial charge is 0.364 e. The molecule has 2 nitrogen and oxygen atoms in total. The van der Waals surface area contributed by atoms with Gasteiger partial charge in [-0.25, -0.2) is 0 Å². The van der Waals surface area contributed by atoms with Crippen molar-refractivity contribution < 1.29 is 44.6 Å². The molecule has 2 saturated heterocycles. The number of hydrogen-bond acceptors (Lipinski definition) is 2. The van der Waals surface area contributed by atoms with E-state index in [2.05, 4.69) is 9.47 Å². The minimum Gasteiger partial charge on any atom is -0.255 e. The van der Waals surface area contributed by atoms with Gasteiger partial charge in [-0.1, -0.05) is 0 Å². The molecule has 110 valence electrons. The van der Waals surface area contributed by atoms with E-state index in [4.69, 9.17) is 0 Å². The average Bonchev–Trinajstić information content (AvgIpc) is 2.58. The highest BCUT2D eigenvalue weighted by atomic mass is 19.3. The number of ether oxygens (including phenoxy) is 2. The Balaban J connectivity index is 2.12. The maximum absolute atomic E-state index is 13.3. The van der Waals surface area contributed by atoms with Gasteiger partial charge in [0.2, 0.25) is 0 Å². The molecule has 4 atom stereocenters. The summed E-state index contributed by atoms with van der Waals surface area (Å²) < 4.78 is 113. The van der Waals surface area contributed by atoms with Crippen LogP contribution in [-0.2, 0) is 9.47 Å². The van der Waals surface area contributed by atoms with Crippen molar-refractivity contribution in [1.82, 2.24) is 0 Å². The molecule has 0 spiro atoms. The van der Waals surface area contributed by atoms with E-state index < -0.39 is 54.5 Å². The van der Waals surface area contributed by atoms with Crippen LogP contribution in [0.15, 0.2) is 0 Å². The molecule has 10 heteroatoms. The minimum absolute atomic E-state index is 1.16. The molecule has 0 radical (unpaired) electrons. The highest BCUT2D eigenvalue weighted by Crippen LogP contribution is 2.70. The van der Waals surface area contributed by atoms with Crippen LogP contribution in [0.25, 0.3) is 0 Å². The van der Waals surface area contributed by atoms with Crippen LogP contribution in [-0.4, -0.2) is 24.4 Å². The second-order valence-corrected chi connectivity index (χ2v) is 4.95. The summed E-state index contributed by atoms with van der Waals surface area (Å²) in [6.07, 6.45) is -19.6. The van der Waals surface area contributed by atoms with Crippen molar-refractivity contribution in [2.45, 2.75) is 30.9 Å². The summed E-state index contributed by atoms with van der Waals surface area (Å²) in [4.78, 5) is 0. The summed E-state index contributed by atoms with van der Waals surface area (Å²) in [7, 11) is 0. The Hall–Kier alpha value is -0.640. The van der Waals surface area contributed by atoms with Crippen molar-refractivity contribution in [2.75, 3.05) is 0 Å². The lowest BCUT2D eigenvalue weighted by atomic mass is 9.87. The first-order chi connectivity index (χ1) is 8.39. The summed E-state index contributed by atoms with van der Waals surface area (Å²) in [5.74, 6) is -10.2. The fraction of sp³-hybridized carbons (Fsp3) is 1.00. The first-order valence-corrected chi connectivity index (χ1v) is 5.30. The lowest BCUT2D eigenvalue weighted by Crippen LogP contribution is -2.49. The topological polar surface area (TPSA) is 18.5 Å². The molecule has 0 aromatic rings. The van der Waals surface area contributed by atoms with Gasteiger partial charge in [0.1, 0.15) is 0 Å². The zero-order chi connectivity index (χ0) is 14.4. The van der Waals surface area contributed by atoms with Gasteiger partial charge < -0.3 is 0 Å². The van der Waals surface area contributed by atoms with E-state index in [-0.39, 0.29) is 0 Å². The predicted molar refractivity (Wildman–Crippen MR) is 40.5 cm³/mol. The molecule has 3 rings (SSSR count). The first kappa shape index (κ1) is 13.3. The molecule has 3 aliphatic rings. The van der Waals surface area contributed by atoms with E-state index >= 15 is 0 Å². The highest BCUT2D eigenvalue weighted by Gasteiger charge is 2.83. The number of halogens is 8. The Bertz CT molecular complexity index is 382. The molecule has 0 aromatic heterocycles. The Kier molecular flexibility index (Phi) is 2.22. The molecular weight excluding hydrogens is 292 g/mol. The first-order valence-electron chi connectivity index (χ1n) is 5.30. The van der Waals surface area contributed by atoms with Crippen LogP contribution in [0.5, 0.6) is 0 Å². The molecule has 0 amide bonds. The quantitative estimate of drug-likeness (QED) is 0.639. The second kappa shape index (κ2) is 3.16. The molecule has 2 aliphatic heterocycles. The van der Waals surface area contributed by atoms with Gasteiger partial charge in [0.15, 0.2) is 0 Å². The maximum Gasteiger partial charge on any atom is 0.364 e. The third-order valence-corrected chi connectivity index (χ3v) is 3.95. The molecule has 0 aromatic carbocycles. The van der Waals surface area contributed by atoms with Crippen LogP contribution in [0.1, 0.15) is 6.42 Å². The van der Waals surface area contributed by atoms with E-state index in [9.17, 15) is 35.1 Å². The number of hydrogen-bond donors (Lipinski definition) is 0. The van der Waals surface area contributed by atoms with Gasteiger partial charge in [-0.2, -0.15) is 35.1 Å².